The molecule has 0 bridgehead atoms. The minimum Gasteiger partial charge on any atom is -0.435 e. The van der Waals surface area contributed by atoms with E-state index < -0.39 is 6.61 Å². The Morgan fingerprint density at radius 3 is 2.67 bits per heavy atom. The Hall–Kier alpha value is -3.02. The molecule has 0 spiro atoms. The molecule has 2 aromatic carbocycles. The minimum atomic E-state index is -2.85. The summed E-state index contributed by atoms with van der Waals surface area (Å²) in [6.07, 6.45) is 1.70. The van der Waals surface area contributed by atoms with E-state index in [9.17, 15) is 13.6 Å². The topological polar surface area (TPSA) is 51.2 Å². The molecule has 0 fully saturated rings. The fraction of sp³-hybridized carbons (Fsp3) is 0.111. The van der Waals surface area contributed by atoms with Crippen LogP contribution in [-0.2, 0) is 6.54 Å². The molecule has 1 amide bonds. The first-order chi connectivity index (χ1) is 11.6. The van der Waals surface area contributed by atoms with Crippen molar-refractivity contribution in [3.05, 3.63) is 71.9 Å². The lowest BCUT2D eigenvalue weighted by molar-refractivity contribution is -0.0498. The summed E-state index contributed by atoms with van der Waals surface area (Å²) < 4.78 is 28.5. The summed E-state index contributed by atoms with van der Waals surface area (Å²) in [7, 11) is 0. The van der Waals surface area contributed by atoms with E-state index in [1.165, 1.54) is 12.1 Å². The highest BCUT2D eigenvalue weighted by molar-refractivity contribution is 5.97. The van der Waals surface area contributed by atoms with E-state index in [1.54, 1.807) is 36.5 Å². The Morgan fingerprint density at radius 1 is 1.12 bits per heavy atom. The molecule has 0 aliphatic carbocycles. The monoisotopic (exact) mass is 328 g/mol. The second-order valence-corrected chi connectivity index (χ2v) is 5.12. The van der Waals surface area contributed by atoms with Gasteiger partial charge in [-0.05, 0) is 42.0 Å². The van der Waals surface area contributed by atoms with E-state index in [4.69, 9.17) is 0 Å². The summed E-state index contributed by atoms with van der Waals surface area (Å²) in [6, 6.07) is 15.1. The third kappa shape index (κ3) is 3.84. The molecule has 0 saturated carbocycles. The molecule has 4 nitrogen and oxygen atoms in total. The fourth-order valence-corrected chi connectivity index (χ4v) is 2.29. The van der Waals surface area contributed by atoms with Gasteiger partial charge in [-0.2, -0.15) is 8.78 Å². The Balaban J connectivity index is 1.63. The average molecular weight is 328 g/mol. The number of alkyl halides is 2. The summed E-state index contributed by atoms with van der Waals surface area (Å²) >= 11 is 0. The number of rotatable bonds is 5. The molecular formula is C18H14F2N2O2. The molecule has 0 aliphatic heterocycles. The zero-order valence-electron chi connectivity index (χ0n) is 12.6. The summed E-state index contributed by atoms with van der Waals surface area (Å²) in [5, 5.41) is 3.68. The van der Waals surface area contributed by atoms with Gasteiger partial charge in [0.25, 0.3) is 5.91 Å². The predicted octanol–water partition coefficient (Wildman–Crippen LogP) is 3.77. The van der Waals surface area contributed by atoms with Gasteiger partial charge in [-0.1, -0.05) is 18.2 Å². The van der Waals surface area contributed by atoms with E-state index >= 15 is 0 Å². The predicted molar refractivity (Wildman–Crippen MR) is 86.0 cm³/mol. The van der Waals surface area contributed by atoms with E-state index in [0.29, 0.717) is 12.1 Å². The van der Waals surface area contributed by atoms with Gasteiger partial charge < -0.3 is 10.1 Å². The van der Waals surface area contributed by atoms with Gasteiger partial charge in [0.05, 0.1) is 5.52 Å². The zero-order chi connectivity index (χ0) is 16.9. The van der Waals surface area contributed by atoms with Gasteiger partial charge in [-0.25, -0.2) is 0 Å². The number of nitrogens with one attached hydrogen (secondary N) is 1. The molecule has 1 aromatic heterocycles. The Bertz CT molecular complexity index is 851. The van der Waals surface area contributed by atoms with Gasteiger partial charge in [-0.15, -0.1) is 0 Å². The number of carbonyl (C=O) groups excluding carboxylic acids is 1. The van der Waals surface area contributed by atoms with Crippen LogP contribution in [0.5, 0.6) is 5.75 Å². The van der Waals surface area contributed by atoms with Crippen LogP contribution in [0.3, 0.4) is 0 Å². The molecule has 0 saturated heterocycles. The van der Waals surface area contributed by atoms with E-state index in [-0.39, 0.29) is 11.7 Å². The first-order valence-corrected chi connectivity index (χ1v) is 7.28. The molecule has 122 valence electrons. The highest BCUT2D eigenvalue weighted by Crippen LogP contribution is 2.16. The first kappa shape index (κ1) is 15.9. The molecule has 3 rings (SSSR count). The normalized spacial score (nSPS) is 10.8. The van der Waals surface area contributed by atoms with Crippen molar-refractivity contribution in [3.8, 4) is 5.75 Å². The van der Waals surface area contributed by atoms with Gasteiger partial charge in [0.1, 0.15) is 5.75 Å². The summed E-state index contributed by atoms with van der Waals surface area (Å²) in [5.41, 5.74) is 2.14. The molecule has 0 radical (unpaired) electrons. The highest BCUT2D eigenvalue weighted by Gasteiger charge is 2.07. The maximum atomic E-state index is 12.2. The molecule has 24 heavy (non-hydrogen) atoms. The molecule has 3 aromatic rings. The lowest BCUT2D eigenvalue weighted by Gasteiger charge is -2.08. The van der Waals surface area contributed by atoms with Crippen LogP contribution < -0.4 is 10.1 Å². The third-order valence-corrected chi connectivity index (χ3v) is 3.47. The third-order valence-electron chi connectivity index (χ3n) is 3.47. The molecule has 1 heterocycles. The molecule has 0 atom stereocenters. The lowest BCUT2D eigenvalue weighted by Crippen LogP contribution is -2.22. The standard InChI is InChI=1S/C18H14F2N2O2/c19-18(20)24-15-6-3-12(4-7-15)11-22-17(23)14-5-8-16-13(10-14)2-1-9-21-16/h1-10,18H,11H2,(H,22,23). The Morgan fingerprint density at radius 2 is 1.92 bits per heavy atom. The number of nitrogens with zero attached hydrogens (tertiary/aromatic N) is 1. The Labute approximate surface area is 137 Å². The minimum absolute atomic E-state index is 0.0853. The average Bonchev–Trinajstić information content (AvgIpc) is 2.60. The van der Waals surface area contributed by atoms with E-state index in [0.717, 1.165) is 16.5 Å². The van der Waals surface area contributed by atoms with Gasteiger partial charge in [0.15, 0.2) is 0 Å². The van der Waals surface area contributed by atoms with Crippen molar-refractivity contribution in [1.82, 2.24) is 10.3 Å². The zero-order valence-corrected chi connectivity index (χ0v) is 12.6. The number of pyridine rings is 1. The molecule has 0 unspecified atom stereocenters. The van der Waals surface area contributed by atoms with Crippen molar-refractivity contribution in [3.63, 3.8) is 0 Å². The number of aromatic nitrogens is 1. The lowest BCUT2D eigenvalue weighted by atomic mass is 10.1. The molecular weight excluding hydrogens is 314 g/mol. The number of fused-ring (bicyclic) bond motifs is 1. The largest absolute Gasteiger partial charge is 0.435 e. The maximum Gasteiger partial charge on any atom is 0.387 e. The molecule has 1 N–H and O–H groups in total. The highest BCUT2D eigenvalue weighted by atomic mass is 19.3. The van der Waals surface area contributed by atoms with Gasteiger partial charge in [0.2, 0.25) is 0 Å². The van der Waals surface area contributed by atoms with Crippen molar-refractivity contribution in [2.45, 2.75) is 13.2 Å². The van der Waals surface area contributed by atoms with Gasteiger partial charge in [-0.3, -0.25) is 9.78 Å². The van der Waals surface area contributed by atoms with Crippen molar-refractivity contribution in [2.24, 2.45) is 0 Å². The van der Waals surface area contributed by atoms with Crippen LogP contribution in [0.25, 0.3) is 10.9 Å². The van der Waals surface area contributed by atoms with E-state index in [2.05, 4.69) is 15.0 Å². The van der Waals surface area contributed by atoms with Crippen LogP contribution in [0.2, 0.25) is 0 Å². The number of hydrogen-bond acceptors (Lipinski definition) is 3. The second kappa shape index (κ2) is 7.04. The van der Waals surface area contributed by atoms with Crippen molar-refractivity contribution < 1.29 is 18.3 Å². The number of benzene rings is 2. The van der Waals surface area contributed by atoms with Crippen LogP contribution in [0, 0.1) is 0 Å². The number of ether oxygens (including phenoxy) is 1. The second-order valence-electron chi connectivity index (χ2n) is 5.12. The fourth-order valence-electron chi connectivity index (χ4n) is 2.29. The number of hydrogen-bond donors (Lipinski definition) is 1. The quantitative estimate of drug-likeness (QED) is 0.776. The van der Waals surface area contributed by atoms with Crippen LogP contribution in [0.15, 0.2) is 60.8 Å². The Kier molecular flexibility index (Phi) is 4.65. The SMILES string of the molecule is O=C(NCc1ccc(OC(F)F)cc1)c1ccc2ncccc2c1. The summed E-state index contributed by atoms with van der Waals surface area (Å²) in [5.74, 6) is -0.129. The summed E-state index contributed by atoms with van der Waals surface area (Å²) in [4.78, 5) is 16.4. The van der Waals surface area contributed by atoms with Gasteiger partial charge >= 0.3 is 6.61 Å². The number of amides is 1. The van der Waals surface area contributed by atoms with Crippen LogP contribution >= 0.6 is 0 Å². The number of carbonyl (C=O) groups is 1. The van der Waals surface area contributed by atoms with Crippen LogP contribution in [0.4, 0.5) is 8.78 Å². The van der Waals surface area contributed by atoms with Crippen molar-refractivity contribution in [1.29, 1.82) is 0 Å². The smallest absolute Gasteiger partial charge is 0.387 e. The van der Waals surface area contributed by atoms with Gasteiger partial charge in [0, 0.05) is 23.7 Å². The van der Waals surface area contributed by atoms with Crippen molar-refractivity contribution >= 4 is 16.8 Å². The first-order valence-electron chi connectivity index (χ1n) is 7.28. The van der Waals surface area contributed by atoms with E-state index in [1.807, 2.05) is 12.1 Å². The molecule has 0 aliphatic rings. The van der Waals surface area contributed by atoms with Crippen LogP contribution in [0.1, 0.15) is 15.9 Å². The van der Waals surface area contributed by atoms with Crippen LogP contribution in [-0.4, -0.2) is 17.5 Å². The molecule has 6 heteroatoms. The maximum absolute atomic E-state index is 12.2. The van der Waals surface area contributed by atoms with Crippen molar-refractivity contribution in [2.75, 3.05) is 0 Å². The summed E-state index contributed by atoms with van der Waals surface area (Å²) in [6.45, 7) is -2.56. The number of halogens is 2.